The van der Waals surface area contributed by atoms with Gasteiger partial charge in [-0.25, -0.2) is 0 Å². The molecule has 0 aliphatic carbocycles. The van der Waals surface area contributed by atoms with E-state index in [2.05, 4.69) is 34.3 Å². The van der Waals surface area contributed by atoms with E-state index in [1.807, 2.05) is 6.07 Å². The quantitative estimate of drug-likeness (QED) is 0.644. The van der Waals surface area contributed by atoms with Gasteiger partial charge in [0.2, 0.25) is 0 Å². The number of aromatic amines is 1. The highest BCUT2D eigenvalue weighted by molar-refractivity contribution is 5.83. The molecule has 0 bridgehead atoms. The summed E-state index contributed by atoms with van der Waals surface area (Å²) in [6, 6.07) is 13.8. The van der Waals surface area contributed by atoms with Gasteiger partial charge in [0.1, 0.15) is 0 Å². The Morgan fingerprint density at radius 1 is 0.920 bits per heavy atom. The van der Waals surface area contributed by atoms with Crippen LogP contribution in [0.3, 0.4) is 0 Å². The molecule has 2 heterocycles. The molecule has 0 atom stereocenters. The number of fused-ring (bicyclic) bond motifs is 1. The summed E-state index contributed by atoms with van der Waals surface area (Å²) in [5.41, 5.74) is 2.78. The van der Waals surface area contributed by atoms with Crippen LogP contribution in [-0.4, -0.2) is 18.1 Å². The summed E-state index contributed by atoms with van der Waals surface area (Å²) in [5.74, 6) is 0.488. The third-order valence-electron chi connectivity index (χ3n) is 5.12. The fourth-order valence-corrected chi connectivity index (χ4v) is 3.74. The molecule has 1 N–H and O–H groups in total. The van der Waals surface area contributed by atoms with E-state index in [1.54, 1.807) is 12.1 Å². The van der Waals surface area contributed by atoms with E-state index in [9.17, 15) is 13.2 Å². The minimum absolute atomic E-state index is 0.488. The molecule has 130 valence electrons. The first kappa shape index (κ1) is 16.1. The molecule has 3 aromatic rings. The summed E-state index contributed by atoms with van der Waals surface area (Å²) < 4.78 is 38.0. The second kappa shape index (κ2) is 6.14. The monoisotopic (exact) mass is 344 g/mol. The number of alkyl halides is 3. The van der Waals surface area contributed by atoms with Crippen LogP contribution < -0.4 is 4.90 Å². The number of hydrogen-bond acceptors (Lipinski definition) is 1. The van der Waals surface area contributed by atoms with E-state index >= 15 is 0 Å². The Hall–Kier alpha value is -2.43. The number of aromatic nitrogens is 1. The highest BCUT2D eigenvalue weighted by Gasteiger charge is 2.30. The minimum Gasteiger partial charge on any atom is -0.371 e. The summed E-state index contributed by atoms with van der Waals surface area (Å²) in [5, 5.41) is 1.27. The average Bonchev–Trinajstić information content (AvgIpc) is 3.05. The molecule has 0 saturated carbocycles. The number of nitrogens with zero attached hydrogens (tertiary/aromatic N) is 1. The molecule has 0 amide bonds. The first-order chi connectivity index (χ1) is 12.0. The van der Waals surface area contributed by atoms with E-state index in [0.717, 1.165) is 37.1 Å². The Morgan fingerprint density at radius 2 is 1.60 bits per heavy atom. The number of anilines is 1. The molecule has 1 aromatic heterocycles. The topological polar surface area (TPSA) is 19.0 Å². The fraction of sp³-hybridized carbons (Fsp3) is 0.300. The molecule has 1 fully saturated rings. The van der Waals surface area contributed by atoms with Crippen molar-refractivity contribution in [1.29, 1.82) is 0 Å². The summed E-state index contributed by atoms with van der Waals surface area (Å²) in [6.07, 6.45) is -0.171. The minimum atomic E-state index is -4.28. The Bertz CT molecular complexity index is 857. The van der Waals surface area contributed by atoms with Crippen LogP contribution >= 0.6 is 0 Å². The van der Waals surface area contributed by atoms with Crippen LogP contribution in [-0.2, 0) is 6.18 Å². The smallest absolute Gasteiger partial charge is 0.371 e. The van der Waals surface area contributed by atoms with Crippen molar-refractivity contribution < 1.29 is 13.2 Å². The first-order valence-electron chi connectivity index (χ1n) is 8.50. The van der Waals surface area contributed by atoms with Crippen molar-refractivity contribution in [2.24, 2.45) is 0 Å². The van der Waals surface area contributed by atoms with E-state index in [0.29, 0.717) is 5.92 Å². The van der Waals surface area contributed by atoms with Crippen molar-refractivity contribution in [1.82, 2.24) is 4.98 Å². The summed E-state index contributed by atoms with van der Waals surface area (Å²) in [4.78, 5) is 5.50. The van der Waals surface area contributed by atoms with E-state index in [1.165, 1.54) is 23.1 Å². The van der Waals surface area contributed by atoms with Crippen LogP contribution in [0.5, 0.6) is 0 Å². The third kappa shape index (κ3) is 3.11. The van der Waals surface area contributed by atoms with E-state index in [4.69, 9.17) is 0 Å². The zero-order valence-electron chi connectivity index (χ0n) is 13.7. The molecule has 1 aliphatic rings. The number of hydrogen-bond donors (Lipinski definition) is 1. The third-order valence-corrected chi connectivity index (χ3v) is 5.12. The second-order valence-electron chi connectivity index (χ2n) is 6.60. The standard InChI is InChI=1S/C20H19F3N2/c21-20(22,23)15-5-7-16(8-6-15)25-11-9-14(10-12-25)18-13-24-19-4-2-1-3-17(18)19/h1-8,13-14,24H,9-12H2. The van der Waals surface area contributed by atoms with Crippen LogP contribution in [0.25, 0.3) is 10.9 Å². The van der Waals surface area contributed by atoms with E-state index < -0.39 is 11.7 Å². The molecule has 25 heavy (non-hydrogen) atoms. The average molecular weight is 344 g/mol. The summed E-state index contributed by atoms with van der Waals surface area (Å²) >= 11 is 0. The Balaban J connectivity index is 1.46. The van der Waals surface area contributed by atoms with Gasteiger partial charge in [0.15, 0.2) is 0 Å². The van der Waals surface area contributed by atoms with Crippen molar-refractivity contribution in [3.05, 3.63) is 65.9 Å². The fourth-order valence-electron chi connectivity index (χ4n) is 3.74. The molecular formula is C20H19F3N2. The van der Waals surface area contributed by atoms with Gasteiger partial charge in [-0.3, -0.25) is 0 Å². The number of rotatable bonds is 2. The van der Waals surface area contributed by atoms with Gasteiger partial charge in [0, 0.05) is 35.9 Å². The molecule has 0 spiro atoms. The number of H-pyrrole nitrogens is 1. The summed E-state index contributed by atoms with van der Waals surface area (Å²) in [7, 11) is 0. The lowest BCUT2D eigenvalue weighted by atomic mass is 9.89. The van der Waals surface area contributed by atoms with Gasteiger partial charge >= 0.3 is 6.18 Å². The number of para-hydroxylation sites is 1. The van der Waals surface area contributed by atoms with Crippen LogP contribution in [0.2, 0.25) is 0 Å². The van der Waals surface area contributed by atoms with Crippen molar-refractivity contribution >= 4 is 16.6 Å². The predicted molar refractivity (Wildman–Crippen MR) is 93.9 cm³/mol. The van der Waals surface area contributed by atoms with Crippen molar-refractivity contribution in [2.75, 3.05) is 18.0 Å². The first-order valence-corrected chi connectivity index (χ1v) is 8.50. The van der Waals surface area contributed by atoms with Gasteiger partial charge in [-0.1, -0.05) is 18.2 Å². The summed E-state index contributed by atoms with van der Waals surface area (Å²) in [6.45, 7) is 1.71. The molecular weight excluding hydrogens is 325 g/mol. The Kier molecular flexibility index (Phi) is 3.94. The van der Waals surface area contributed by atoms with Crippen LogP contribution in [0.1, 0.15) is 29.9 Å². The van der Waals surface area contributed by atoms with Crippen LogP contribution in [0.15, 0.2) is 54.7 Å². The van der Waals surface area contributed by atoms with Crippen LogP contribution in [0.4, 0.5) is 18.9 Å². The van der Waals surface area contributed by atoms with Crippen molar-refractivity contribution in [3.8, 4) is 0 Å². The lowest BCUT2D eigenvalue weighted by molar-refractivity contribution is -0.137. The van der Waals surface area contributed by atoms with Gasteiger partial charge in [-0.15, -0.1) is 0 Å². The molecule has 2 nitrogen and oxygen atoms in total. The second-order valence-corrected chi connectivity index (χ2v) is 6.60. The Labute approximate surface area is 144 Å². The molecule has 1 aliphatic heterocycles. The van der Waals surface area contributed by atoms with Crippen molar-refractivity contribution in [3.63, 3.8) is 0 Å². The SMILES string of the molecule is FC(F)(F)c1ccc(N2CCC(c3c[nH]c4ccccc34)CC2)cc1. The van der Waals surface area contributed by atoms with Gasteiger partial charge in [0.25, 0.3) is 0 Å². The number of halogens is 3. The zero-order chi connectivity index (χ0) is 17.4. The predicted octanol–water partition coefficient (Wildman–Crippen LogP) is 5.57. The lowest BCUT2D eigenvalue weighted by Gasteiger charge is -2.33. The van der Waals surface area contributed by atoms with Gasteiger partial charge in [-0.2, -0.15) is 13.2 Å². The van der Waals surface area contributed by atoms with E-state index in [-0.39, 0.29) is 0 Å². The van der Waals surface area contributed by atoms with Crippen LogP contribution in [0, 0.1) is 0 Å². The maximum absolute atomic E-state index is 12.7. The van der Waals surface area contributed by atoms with Gasteiger partial charge < -0.3 is 9.88 Å². The molecule has 0 unspecified atom stereocenters. The maximum atomic E-state index is 12.7. The molecule has 0 radical (unpaired) electrons. The normalized spacial score (nSPS) is 16.5. The lowest BCUT2D eigenvalue weighted by Crippen LogP contribution is -2.32. The van der Waals surface area contributed by atoms with Gasteiger partial charge in [-0.05, 0) is 54.7 Å². The molecule has 4 rings (SSSR count). The van der Waals surface area contributed by atoms with Crippen molar-refractivity contribution in [2.45, 2.75) is 24.9 Å². The largest absolute Gasteiger partial charge is 0.416 e. The molecule has 2 aromatic carbocycles. The number of piperidine rings is 1. The van der Waals surface area contributed by atoms with Gasteiger partial charge in [0.05, 0.1) is 5.56 Å². The maximum Gasteiger partial charge on any atom is 0.416 e. The Morgan fingerprint density at radius 3 is 2.28 bits per heavy atom. The highest BCUT2D eigenvalue weighted by Crippen LogP contribution is 2.35. The zero-order valence-corrected chi connectivity index (χ0v) is 13.7. The molecule has 5 heteroatoms. The number of benzene rings is 2. The molecule has 1 saturated heterocycles. The number of nitrogens with one attached hydrogen (secondary N) is 1. The highest BCUT2D eigenvalue weighted by atomic mass is 19.4.